The summed E-state index contributed by atoms with van der Waals surface area (Å²) in [5, 5.41) is 16.3. The first kappa shape index (κ1) is 22.0. The monoisotopic (exact) mass is 415 g/mol. The molecule has 0 aromatic heterocycles. The van der Waals surface area contributed by atoms with Gasteiger partial charge >= 0.3 is 5.97 Å². The number of nitrogens with one attached hydrogen (secondary N) is 1. The van der Waals surface area contributed by atoms with Crippen LogP contribution in [-0.2, 0) is 20.7 Å². The van der Waals surface area contributed by atoms with Crippen LogP contribution in [0.3, 0.4) is 0 Å². The van der Waals surface area contributed by atoms with Crippen molar-refractivity contribution >= 4 is 41.4 Å². The van der Waals surface area contributed by atoms with Crippen LogP contribution < -0.4 is 10.6 Å². The predicted molar refractivity (Wildman–Crippen MR) is 113 cm³/mol. The van der Waals surface area contributed by atoms with Gasteiger partial charge in [0.25, 0.3) is 5.91 Å². The molecular weight excluding hydrogens is 394 g/mol. The molecule has 0 saturated heterocycles. The summed E-state index contributed by atoms with van der Waals surface area (Å²) in [6, 6.07) is 14.2. The van der Waals surface area contributed by atoms with Crippen molar-refractivity contribution in [3.05, 3.63) is 71.0 Å². The van der Waals surface area contributed by atoms with Crippen LogP contribution in [0.25, 0.3) is 5.57 Å². The van der Waals surface area contributed by atoms with E-state index in [2.05, 4.69) is 0 Å². The van der Waals surface area contributed by atoms with Crippen LogP contribution in [0, 0.1) is 5.41 Å². The molecule has 7 nitrogen and oxygen atoms in total. The van der Waals surface area contributed by atoms with Gasteiger partial charge in [-0.1, -0.05) is 24.3 Å². The molecule has 0 atom stereocenters. The molecule has 0 saturated carbocycles. The molecule has 0 aliphatic carbocycles. The zero-order valence-corrected chi connectivity index (χ0v) is 16.7. The molecular formula is C21H22ClN3O4. The number of carbonyl (C=O) groups excluding carboxylic acids is 1. The van der Waals surface area contributed by atoms with Crippen LogP contribution in [0.2, 0.25) is 0 Å². The fourth-order valence-corrected chi connectivity index (χ4v) is 3.12. The molecule has 2 aromatic carbocycles. The molecule has 0 spiro atoms. The molecule has 1 aliphatic heterocycles. The van der Waals surface area contributed by atoms with Gasteiger partial charge in [-0.05, 0) is 41.8 Å². The largest absolute Gasteiger partial charge is 0.498 e. The number of nitrogen functional groups attached to an aromatic ring is 1. The van der Waals surface area contributed by atoms with Crippen molar-refractivity contribution in [1.82, 2.24) is 0 Å². The van der Waals surface area contributed by atoms with Crippen LogP contribution in [0.4, 0.5) is 5.69 Å². The topological polar surface area (TPSA) is 117 Å². The number of nitrogens with zero attached hydrogens (tertiary/aromatic N) is 1. The maximum absolute atomic E-state index is 13.0. The highest BCUT2D eigenvalue weighted by Gasteiger charge is 2.33. The third kappa shape index (κ3) is 4.75. The number of benzene rings is 2. The average molecular weight is 416 g/mol. The molecule has 3 rings (SSSR count). The lowest BCUT2D eigenvalue weighted by Crippen LogP contribution is -2.26. The first-order valence-corrected chi connectivity index (χ1v) is 8.75. The normalized spacial score (nSPS) is 13.3. The second-order valence-corrected chi connectivity index (χ2v) is 6.44. The standard InChI is InChI=1S/C21H21N3O4.ClH/c1-28-17-12-24(16-9-7-15(8-10-16)20(22)23)21(27)19(17)14-5-2-13(3-6-14)4-11-18(25)26;/h2-3,5-10H,4,11-12H2,1H3,(H3,22,23)(H,25,26);1H. The first-order chi connectivity index (χ1) is 13.4. The van der Waals surface area contributed by atoms with Gasteiger partial charge in [0.1, 0.15) is 11.6 Å². The van der Waals surface area contributed by atoms with Gasteiger partial charge in [0.2, 0.25) is 0 Å². The van der Waals surface area contributed by atoms with E-state index < -0.39 is 5.97 Å². The van der Waals surface area contributed by atoms with Gasteiger partial charge in [-0.25, -0.2) is 0 Å². The van der Waals surface area contributed by atoms with Crippen molar-refractivity contribution in [3.8, 4) is 0 Å². The number of hydrogen-bond donors (Lipinski definition) is 3. The lowest BCUT2D eigenvalue weighted by atomic mass is 10.0. The number of ether oxygens (including phenoxy) is 1. The number of amidine groups is 1. The Morgan fingerprint density at radius 2 is 1.79 bits per heavy atom. The third-order valence-electron chi connectivity index (χ3n) is 4.65. The van der Waals surface area contributed by atoms with E-state index in [4.69, 9.17) is 21.0 Å². The maximum atomic E-state index is 13.0. The molecule has 152 valence electrons. The minimum absolute atomic E-state index is 0. The highest BCUT2D eigenvalue weighted by atomic mass is 35.5. The Balaban J connectivity index is 0.00000300. The Morgan fingerprint density at radius 3 is 2.31 bits per heavy atom. The Morgan fingerprint density at radius 1 is 1.17 bits per heavy atom. The molecule has 4 N–H and O–H groups in total. The summed E-state index contributed by atoms with van der Waals surface area (Å²) < 4.78 is 5.46. The molecule has 8 heteroatoms. The molecule has 0 fully saturated rings. The first-order valence-electron chi connectivity index (χ1n) is 8.75. The number of aliphatic carboxylic acids is 1. The number of amides is 1. The van der Waals surface area contributed by atoms with Crippen LogP contribution in [0.1, 0.15) is 23.1 Å². The van der Waals surface area contributed by atoms with Gasteiger partial charge in [-0.2, -0.15) is 0 Å². The molecule has 1 aliphatic rings. The number of hydrogen-bond acceptors (Lipinski definition) is 4. The fourth-order valence-electron chi connectivity index (χ4n) is 3.12. The lowest BCUT2D eigenvalue weighted by Gasteiger charge is -2.17. The number of methoxy groups -OCH3 is 1. The highest BCUT2D eigenvalue weighted by molar-refractivity contribution is 6.29. The van der Waals surface area contributed by atoms with Crippen LogP contribution in [-0.4, -0.2) is 36.5 Å². The Kier molecular flexibility index (Phi) is 7.01. The molecule has 1 amide bonds. The SMILES string of the molecule is COC1=C(c2ccc(CCC(=O)O)cc2)C(=O)N(c2ccc(C(=N)N)cc2)C1.Cl. The van der Waals surface area contributed by atoms with Gasteiger partial charge in [-0.3, -0.25) is 15.0 Å². The smallest absolute Gasteiger partial charge is 0.303 e. The van der Waals surface area contributed by atoms with E-state index in [1.54, 1.807) is 29.2 Å². The van der Waals surface area contributed by atoms with E-state index in [9.17, 15) is 9.59 Å². The van der Waals surface area contributed by atoms with Crippen LogP contribution >= 0.6 is 12.4 Å². The Hall–Kier alpha value is -3.32. The molecule has 29 heavy (non-hydrogen) atoms. The van der Waals surface area contributed by atoms with Crippen molar-refractivity contribution in [3.63, 3.8) is 0 Å². The highest BCUT2D eigenvalue weighted by Crippen LogP contribution is 2.32. The number of anilines is 1. The third-order valence-corrected chi connectivity index (χ3v) is 4.65. The van der Waals surface area contributed by atoms with Gasteiger partial charge in [0.05, 0.1) is 19.2 Å². The second kappa shape index (κ2) is 9.25. The van der Waals surface area contributed by atoms with Gasteiger partial charge in [-0.15, -0.1) is 12.4 Å². The number of carbonyl (C=O) groups is 2. The summed E-state index contributed by atoms with van der Waals surface area (Å²) in [7, 11) is 1.53. The summed E-state index contributed by atoms with van der Waals surface area (Å²) >= 11 is 0. The minimum Gasteiger partial charge on any atom is -0.498 e. The molecule has 1 heterocycles. The Labute approximate surface area is 174 Å². The summed E-state index contributed by atoms with van der Waals surface area (Å²) in [6.07, 6.45) is 0.503. The van der Waals surface area contributed by atoms with Crippen LogP contribution in [0.5, 0.6) is 0 Å². The van der Waals surface area contributed by atoms with Crippen molar-refractivity contribution in [2.75, 3.05) is 18.6 Å². The van der Waals surface area contributed by atoms with Gasteiger partial charge in [0, 0.05) is 17.7 Å². The van der Waals surface area contributed by atoms with E-state index in [0.29, 0.717) is 35.5 Å². The average Bonchev–Trinajstić information content (AvgIpc) is 3.03. The zero-order valence-electron chi connectivity index (χ0n) is 15.8. The van der Waals surface area contributed by atoms with Crippen molar-refractivity contribution in [1.29, 1.82) is 5.41 Å². The van der Waals surface area contributed by atoms with Gasteiger partial charge in [0.15, 0.2) is 0 Å². The molecule has 0 bridgehead atoms. The minimum atomic E-state index is -0.842. The van der Waals surface area contributed by atoms with E-state index >= 15 is 0 Å². The van der Waals surface area contributed by atoms with Crippen molar-refractivity contribution in [2.24, 2.45) is 5.73 Å². The molecule has 0 radical (unpaired) electrons. The van der Waals surface area contributed by atoms with Crippen molar-refractivity contribution < 1.29 is 19.4 Å². The van der Waals surface area contributed by atoms with E-state index in [-0.39, 0.29) is 30.6 Å². The number of aryl methyl sites for hydroxylation is 1. The summed E-state index contributed by atoms with van der Waals surface area (Å²) in [5.74, 6) is -0.478. The lowest BCUT2D eigenvalue weighted by molar-refractivity contribution is -0.137. The zero-order chi connectivity index (χ0) is 20.3. The van der Waals surface area contributed by atoms with Crippen LogP contribution in [0.15, 0.2) is 54.3 Å². The summed E-state index contributed by atoms with van der Waals surface area (Å²) in [4.78, 5) is 25.4. The van der Waals surface area contributed by atoms with E-state index in [0.717, 1.165) is 11.1 Å². The number of nitrogens with two attached hydrogens (primary N) is 1. The predicted octanol–water partition coefficient (Wildman–Crippen LogP) is 2.81. The number of halogens is 1. The number of carboxylic acid groups (broad SMARTS) is 1. The Bertz CT molecular complexity index is 953. The van der Waals surface area contributed by atoms with E-state index in [1.165, 1.54) is 7.11 Å². The molecule has 2 aromatic rings. The second-order valence-electron chi connectivity index (χ2n) is 6.44. The number of rotatable bonds is 7. The van der Waals surface area contributed by atoms with Crippen molar-refractivity contribution in [2.45, 2.75) is 12.8 Å². The summed E-state index contributed by atoms with van der Waals surface area (Å²) in [6.45, 7) is 0.310. The quantitative estimate of drug-likeness (QED) is 0.475. The summed E-state index contributed by atoms with van der Waals surface area (Å²) in [5.41, 5.74) is 8.87. The van der Waals surface area contributed by atoms with Gasteiger partial charge < -0.3 is 20.5 Å². The fraction of sp³-hybridized carbons (Fsp3) is 0.190. The maximum Gasteiger partial charge on any atom is 0.303 e. The molecule has 0 unspecified atom stereocenters. The van der Waals surface area contributed by atoms with E-state index in [1.807, 2.05) is 24.3 Å². The number of carboxylic acids is 1.